The van der Waals surface area contributed by atoms with Gasteiger partial charge in [0.05, 0.1) is 0 Å². The number of alkyl halides is 1. The van der Waals surface area contributed by atoms with Crippen molar-refractivity contribution in [3.8, 4) is 0 Å². The molecule has 0 spiro atoms. The molecule has 4 aliphatic carbocycles. The van der Waals surface area contributed by atoms with Gasteiger partial charge in [-0.05, 0) is 111 Å². The first-order chi connectivity index (χ1) is 12.0. The van der Waals surface area contributed by atoms with Crippen LogP contribution in [0.25, 0.3) is 0 Å². The van der Waals surface area contributed by atoms with E-state index in [4.69, 9.17) is 0 Å². The Morgan fingerprint density at radius 3 is 2.48 bits per heavy atom. The minimum absolute atomic E-state index is 0.671. The zero-order valence-corrected chi connectivity index (χ0v) is 18.6. The Kier molecular flexibility index (Phi) is 5.38. The summed E-state index contributed by atoms with van der Waals surface area (Å²) in [6.07, 6.45) is 18.3. The molecule has 4 aliphatic rings. The SMILES string of the molecule is CC(CCCBr)C1CC[C@H]2[C@@H]3CC[C@@H]4CCCC[C@]4(C)[C@H]3CC[C@]12C. The van der Waals surface area contributed by atoms with E-state index in [0.717, 1.165) is 35.5 Å². The molecule has 0 radical (unpaired) electrons. The highest BCUT2D eigenvalue weighted by Gasteiger charge is 2.59. The van der Waals surface area contributed by atoms with E-state index in [-0.39, 0.29) is 0 Å². The topological polar surface area (TPSA) is 0 Å². The van der Waals surface area contributed by atoms with Crippen molar-refractivity contribution < 1.29 is 0 Å². The molecule has 0 saturated heterocycles. The lowest BCUT2D eigenvalue weighted by Crippen LogP contribution is -2.53. The molecule has 0 aliphatic heterocycles. The Balaban J connectivity index is 1.53. The van der Waals surface area contributed by atoms with E-state index in [9.17, 15) is 0 Å². The Morgan fingerprint density at radius 1 is 0.880 bits per heavy atom. The third-order valence-electron chi connectivity index (χ3n) is 10.1. The molecule has 144 valence electrons. The van der Waals surface area contributed by atoms with Crippen molar-refractivity contribution in [1.29, 1.82) is 0 Å². The molecule has 25 heavy (non-hydrogen) atoms. The third kappa shape index (κ3) is 2.98. The van der Waals surface area contributed by atoms with Crippen molar-refractivity contribution in [3.63, 3.8) is 0 Å². The second-order valence-corrected chi connectivity index (χ2v) is 11.7. The summed E-state index contributed by atoms with van der Waals surface area (Å²) in [6, 6.07) is 0. The maximum absolute atomic E-state index is 3.65. The van der Waals surface area contributed by atoms with E-state index >= 15 is 0 Å². The van der Waals surface area contributed by atoms with Gasteiger partial charge in [0.25, 0.3) is 0 Å². The average molecular weight is 409 g/mol. The van der Waals surface area contributed by atoms with Crippen LogP contribution in [0.2, 0.25) is 0 Å². The molecular formula is C24H41Br. The molecule has 2 unspecified atom stereocenters. The molecule has 0 bridgehead atoms. The molecule has 0 amide bonds. The second-order valence-electron chi connectivity index (χ2n) is 10.9. The normalized spacial score (nSPS) is 50.6. The van der Waals surface area contributed by atoms with Crippen LogP contribution in [0.3, 0.4) is 0 Å². The van der Waals surface area contributed by atoms with Crippen LogP contribution in [-0.4, -0.2) is 5.33 Å². The molecule has 0 aromatic carbocycles. The highest BCUT2D eigenvalue weighted by molar-refractivity contribution is 9.09. The molecule has 0 aromatic heterocycles. The van der Waals surface area contributed by atoms with E-state index < -0.39 is 0 Å². The van der Waals surface area contributed by atoms with Gasteiger partial charge in [-0.3, -0.25) is 0 Å². The first-order valence-electron chi connectivity index (χ1n) is 11.6. The van der Waals surface area contributed by atoms with Gasteiger partial charge < -0.3 is 0 Å². The lowest BCUT2D eigenvalue weighted by molar-refractivity contribution is -0.114. The van der Waals surface area contributed by atoms with Crippen LogP contribution in [0.1, 0.15) is 97.8 Å². The monoisotopic (exact) mass is 408 g/mol. The summed E-state index contributed by atoms with van der Waals surface area (Å²) in [5.74, 6) is 6.22. The Labute approximate surface area is 165 Å². The summed E-state index contributed by atoms with van der Waals surface area (Å²) < 4.78 is 0. The molecule has 8 atom stereocenters. The number of hydrogen-bond acceptors (Lipinski definition) is 0. The average Bonchev–Trinajstić information content (AvgIpc) is 2.96. The molecule has 4 rings (SSSR count). The van der Waals surface area contributed by atoms with Crippen LogP contribution >= 0.6 is 15.9 Å². The lowest BCUT2D eigenvalue weighted by atomic mass is 9.44. The Hall–Kier alpha value is 0.480. The minimum atomic E-state index is 0.671. The van der Waals surface area contributed by atoms with Gasteiger partial charge in [-0.15, -0.1) is 0 Å². The van der Waals surface area contributed by atoms with Crippen LogP contribution in [-0.2, 0) is 0 Å². The van der Waals surface area contributed by atoms with E-state index in [1.165, 1.54) is 37.4 Å². The molecule has 0 N–H and O–H groups in total. The van der Waals surface area contributed by atoms with Crippen molar-refractivity contribution >= 4 is 15.9 Å². The molecule has 0 heterocycles. The highest BCUT2D eigenvalue weighted by Crippen LogP contribution is 2.68. The van der Waals surface area contributed by atoms with Crippen molar-refractivity contribution in [2.24, 2.45) is 46.3 Å². The standard InChI is InChI=1S/C24H41Br/c1-17(7-6-16-25)20-11-12-21-19-10-9-18-8-4-5-14-23(18,2)22(19)13-15-24(20,21)3/h17-22H,4-16H2,1-3H3/t17?,18-,19-,20?,21-,22-,23-,24+/m0/s1. The fourth-order valence-corrected chi connectivity index (χ4v) is 9.19. The summed E-state index contributed by atoms with van der Waals surface area (Å²) in [5.41, 5.74) is 1.38. The number of rotatable bonds is 4. The lowest BCUT2D eigenvalue weighted by Gasteiger charge is -2.61. The highest BCUT2D eigenvalue weighted by atomic mass is 79.9. The van der Waals surface area contributed by atoms with Crippen molar-refractivity contribution in [2.45, 2.75) is 97.8 Å². The van der Waals surface area contributed by atoms with Crippen molar-refractivity contribution in [1.82, 2.24) is 0 Å². The van der Waals surface area contributed by atoms with Gasteiger partial charge >= 0.3 is 0 Å². The van der Waals surface area contributed by atoms with E-state index in [2.05, 4.69) is 36.7 Å². The van der Waals surface area contributed by atoms with E-state index in [0.29, 0.717) is 10.8 Å². The molecular weight excluding hydrogens is 368 g/mol. The molecule has 0 nitrogen and oxygen atoms in total. The summed E-state index contributed by atoms with van der Waals surface area (Å²) in [6.45, 7) is 8.03. The van der Waals surface area contributed by atoms with Crippen molar-refractivity contribution in [2.75, 3.05) is 5.33 Å². The number of halogens is 1. The first kappa shape index (κ1) is 18.8. The van der Waals surface area contributed by atoms with Gasteiger partial charge in [0.1, 0.15) is 0 Å². The quantitative estimate of drug-likeness (QED) is 0.415. The number of fused-ring (bicyclic) bond motifs is 5. The minimum Gasteiger partial charge on any atom is -0.0928 e. The third-order valence-corrected chi connectivity index (χ3v) is 10.7. The van der Waals surface area contributed by atoms with Crippen molar-refractivity contribution in [3.05, 3.63) is 0 Å². The summed E-state index contributed by atoms with van der Waals surface area (Å²) >= 11 is 3.65. The molecule has 4 saturated carbocycles. The van der Waals surface area contributed by atoms with Crippen LogP contribution in [0.15, 0.2) is 0 Å². The molecule has 4 fully saturated rings. The van der Waals surface area contributed by atoms with Gasteiger partial charge in [0, 0.05) is 5.33 Å². The summed E-state index contributed by atoms with van der Waals surface area (Å²) in [4.78, 5) is 0. The van der Waals surface area contributed by atoms with Crippen LogP contribution in [0.4, 0.5) is 0 Å². The maximum Gasteiger partial charge on any atom is 0.00314 e. The van der Waals surface area contributed by atoms with E-state index in [1.54, 1.807) is 44.9 Å². The van der Waals surface area contributed by atoms with Gasteiger partial charge in [0.15, 0.2) is 0 Å². The van der Waals surface area contributed by atoms with Gasteiger partial charge in [0.2, 0.25) is 0 Å². The Bertz CT molecular complexity index is 473. The number of hydrogen-bond donors (Lipinski definition) is 0. The Morgan fingerprint density at radius 2 is 1.68 bits per heavy atom. The maximum atomic E-state index is 3.65. The molecule has 0 aromatic rings. The summed E-state index contributed by atoms with van der Waals surface area (Å²) in [7, 11) is 0. The predicted octanol–water partition coefficient (Wildman–Crippen LogP) is 7.85. The van der Waals surface area contributed by atoms with Gasteiger partial charge in [-0.1, -0.05) is 49.5 Å². The fourth-order valence-electron chi connectivity index (χ4n) is 8.87. The zero-order chi connectivity index (χ0) is 17.7. The first-order valence-corrected chi connectivity index (χ1v) is 12.7. The fraction of sp³-hybridized carbons (Fsp3) is 1.00. The summed E-state index contributed by atoms with van der Waals surface area (Å²) in [5, 5.41) is 1.19. The largest absolute Gasteiger partial charge is 0.0928 e. The smallest absolute Gasteiger partial charge is 0.00314 e. The van der Waals surface area contributed by atoms with Gasteiger partial charge in [-0.25, -0.2) is 0 Å². The van der Waals surface area contributed by atoms with Crippen LogP contribution < -0.4 is 0 Å². The zero-order valence-electron chi connectivity index (χ0n) is 17.0. The van der Waals surface area contributed by atoms with Gasteiger partial charge in [-0.2, -0.15) is 0 Å². The van der Waals surface area contributed by atoms with Crippen LogP contribution in [0.5, 0.6) is 0 Å². The predicted molar refractivity (Wildman–Crippen MR) is 112 cm³/mol. The second kappa shape index (κ2) is 7.14. The molecule has 1 heteroatoms. The van der Waals surface area contributed by atoms with Crippen LogP contribution in [0, 0.1) is 46.3 Å². The van der Waals surface area contributed by atoms with E-state index in [1.807, 2.05) is 0 Å².